The number of nitrogens with zero attached hydrogens (tertiary/aromatic N) is 1. The predicted molar refractivity (Wildman–Crippen MR) is 80.3 cm³/mol. The highest BCUT2D eigenvalue weighted by Crippen LogP contribution is 2.17. The molecule has 2 heteroatoms. The van der Waals surface area contributed by atoms with Gasteiger partial charge in [-0.2, -0.15) is 0 Å². The number of ether oxygens (including phenoxy) is 1. The number of benzene rings is 2. The average molecular weight is 253 g/mol. The van der Waals surface area contributed by atoms with Gasteiger partial charge in [-0.15, -0.1) is 0 Å². The SMILES string of the molecule is COc1cc(C=NCCc2ccccc2)ccc1C. The molecule has 0 radical (unpaired) electrons. The Hall–Kier alpha value is -2.09. The van der Waals surface area contributed by atoms with Crippen LogP contribution in [0.4, 0.5) is 0 Å². The monoisotopic (exact) mass is 253 g/mol. The second-order valence-corrected chi connectivity index (χ2v) is 4.50. The van der Waals surface area contributed by atoms with E-state index >= 15 is 0 Å². The summed E-state index contributed by atoms with van der Waals surface area (Å²) in [6.45, 7) is 2.84. The van der Waals surface area contributed by atoms with Gasteiger partial charge in [0.15, 0.2) is 0 Å². The van der Waals surface area contributed by atoms with Crippen molar-refractivity contribution in [2.45, 2.75) is 13.3 Å². The molecule has 0 amide bonds. The van der Waals surface area contributed by atoms with E-state index in [0.717, 1.165) is 29.8 Å². The fraction of sp³-hybridized carbons (Fsp3) is 0.235. The fourth-order valence-electron chi connectivity index (χ4n) is 1.93. The molecule has 0 aliphatic carbocycles. The highest BCUT2D eigenvalue weighted by molar-refractivity contribution is 5.80. The Bertz CT molecular complexity index is 546. The number of hydrogen-bond acceptors (Lipinski definition) is 2. The second-order valence-electron chi connectivity index (χ2n) is 4.50. The lowest BCUT2D eigenvalue weighted by Gasteiger charge is -2.04. The van der Waals surface area contributed by atoms with Crippen molar-refractivity contribution in [1.82, 2.24) is 0 Å². The summed E-state index contributed by atoms with van der Waals surface area (Å²) in [6.07, 6.45) is 2.88. The van der Waals surface area contributed by atoms with Crippen LogP contribution in [0, 0.1) is 6.92 Å². The minimum atomic E-state index is 0.806. The maximum Gasteiger partial charge on any atom is 0.122 e. The molecule has 2 rings (SSSR count). The van der Waals surface area contributed by atoms with E-state index in [1.54, 1.807) is 7.11 Å². The van der Waals surface area contributed by atoms with Gasteiger partial charge in [-0.3, -0.25) is 4.99 Å². The van der Waals surface area contributed by atoms with Crippen LogP contribution in [-0.2, 0) is 6.42 Å². The highest BCUT2D eigenvalue weighted by atomic mass is 16.5. The van der Waals surface area contributed by atoms with Crippen LogP contribution in [-0.4, -0.2) is 19.9 Å². The van der Waals surface area contributed by atoms with E-state index in [1.807, 2.05) is 25.3 Å². The third-order valence-electron chi connectivity index (χ3n) is 3.04. The van der Waals surface area contributed by atoms with Crippen molar-refractivity contribution in [2.24, 2.45) is 4.99 Å². The maximum absolute atomic E-state index is 5.30. The van der Waals surface area contributed by atoms with Crippen LogP contribution >= 0.6 is 0 Å². The van der Waals surface area contributed by atoms with Crippen LogP contribution in [0.5, 0.6) is 5.75 Å². The Morgan fingerprint density at radius 1 is 1.11 bits per heavy atom. The number of hydrogen-bond donors (Lipinski definition) is 0. The molecule has 0 aromatic heterocycles. The molecule has 2 nitrogen and oxygen atoms in total. The molecule has 0 N–H and O–H groups in total. The lowest BCUT2D eigenvalue weighted by Crippen LogP contribution is -1.92. The van der Waals surface area contributed by atoms with Crippen LogP contribution in [0.25, 0.3) is 0 Å². The highest BCUT2D eigenvalue weighted by Gasteiger charge is 1.98. The first-order chi connectivity index (χ1) is 9.29. The maximum atomic E-state index is 5.30. The Morgan fingerprint density at radius 2 is 1.89 bits per heavy atom. The molecule has 0 bridgehead atoms. The van der Waals surface area contributed by atoms with Gasteiger partial charge in [0, 0.05) is 12.8 Å². The number of aryl methyl sites for hydroxylation is 1. The predicted octanol–water partition coefficient (Wildman–Crippen LogP) is 3.67. The normalized spacial score (nSPS) is 10.8. The van der Waals surface area contributed by atoms with Gasteiger partial charge in [0.1, 0.15) is 5.75 Å². The van der Waals surface area contributed by atoms with Crippen molar-refractivity contribution >= 4 is 6.21 Å². The molecule has 2 aromatic carbocycles. The first-order valence-corrected chi connectivity index (χ1v) is 6.48. The first-order valence-electron chi connectivity index (χ1n) is 6.48. The summed E-state index contributed by atoms with van der Waals surface area (Å²) < 4.78 is 5.30. The molecule has 0 aliphatic rings. The van der Waals surface area contributed by atoms with Crippen LogP contribution < -0.4 is 4.74 Å². The zero-order valence-electron chi connectivity index (χ0n) is 11.5. The van der Waals surface area contributed by atoms with Crippen molar-refractivity contribution in [2.75, 3.05) is 13.7 Å². The lowest BCUT2D eigenvalue weighted by atomic mass is 10.1. The van der Waals surface area contributed by atoms with E-state index in [0.29, 0.717) is 0 Å². The number of methoxy groups -OCH3 is 1. The fourth-order valence-corrected chi connectivity index (χ4v) is 1.93. The Kier molecular flexibility index (Phi) is 4.73. The van der Waals surface area contributed by atoms with Crippen molar-refractivity contribution in [1.29, 1.82) is 0 Å². The summed E-state index contributed by atoms with van der Waals surface area (Å²) in [5, 5.41) is 0. The van der Waals surface area contributed by atoms with Gasteiger partial charge >= 0.3 is 0 Å². The molecule has 0 aliphatic heterocycles. The van der Waals surface area contributed by atoms with Crippen molar-refractivity contribution in [3.05, 3.63) is 65.2 Å². The second kappa shape index (κ2) is 6.74. The van der Waals surface area contributed by atoms with E-state index < -0.39 is 0 Å². The first kappa shape index (κ1) is 13.3. The molecule has 0 saturated carbocycles. The topological polar surface area (TPSA) is 21.6 Å². The zero-order chi connectivity index (χ0) is 13.5. The van der Waals surface area contributed by atoms with Crippen molar-refractivity contribution in [3.8, 4) is 5.75 Å². The molecule has 0 atom stereocenters. The van der Waals surface area contributed by atoms with Gasteiger partial charge in [0.25, 0.3) is 0 Å². The molecule has 19 heavy (non-hydrogen) atoms. The standard InChI is InChI=1S/C17H19NO/c1-14-8-9-16(12-17(14)19-2)13-18-11-10-15-6-4-3-5-7-15/h3-9,12-13H,10-11H2,1-2H3. The summed E-state index contributed by atoms with van der Waals surface area (Å²) in [5.41, 5.74) is 3.54. The van der Waals surface area contributed by atoms with Gasteiger partial charge in [0.2, 0.25) is 0 Å². The summed E-state index contributed by atoms with van der Waals surface area (Å²) in [5.74, 6) is 0.909. The Morgan fingerprint density at radius 3 is 2.63 bits per heavy atom. The molecule has 2 aromatic rings. The number of aliphatic imine (C=N–C) groups is 1. The van der Waals surface area contributed by atoms with Crippen molar-refractivity contribution < 1.29 is 4.74 Å². The van der Waals surface area contributed by atoms with Gasteiger partial charge in [0.05, 0.1) is 7.11 Å². The van der Waals surface area contributed by atoms with Crippen LogP contribution in [0.15, 0.2) is 53.5 Å². The quantitative estimate of drug-likeness (QED) is 0.745. The number of rotatable bonds is 5. The van der Waals surface area contributed by atoms with E-state index in [4.69, 9.17) is 4.74 Å². The lowest BCUT2D eigenvalue weighted by molar-refractivity contribution is 0.411. The molecule has 0 unspecified atom stereocenters. The van der Waals surface area contributed by atoms with E-state index in [9.17, 15) is 0 Å². The third kappa shape index (κ3) is 3.95. The molecule has 98 valence electrons. The summed E-state index contributed by atoms with van der Waals surface area (Å²) >= 11 is 0. The summed E-state index contributed by atoms with van der Waals surface area (Å²) in [4.78, 5) is 4.46. The smallest absolute Gasteiger partial charge is 0.122 e. The molecule has 0 spiro atoms. The summed E-state index contributed by atoms with van der Waals surface area (Å²) in [7, 11) is 1.69. The van der Waals surface area contributed by atoms with Crippen LogP contribution in [0.3, 0.4) is 0 Å². The minimum Gasteiger partial charge on any atom is -0.496 e. The Balaban J connectivity index is 1.92. The minimum absolute atomic E-state index is 0.806. The molecular formula is C17H19NO. The van der Waals surface area contributed by atoms with E-state index in [1.165, 1.54) is 5.56 Å². The van der Waals surface area contributed by atoms with Gasteiger partial charge < -0.3 is 4.74 Å². The zero-order valence-corrected chi connectivity index (χ0v) is 11.5. The van der Waals surface area contributed by atoms with Gasteiger partial charge in [-0.25, -0.2) is 0 Å². The molecule has 0 heterocycles. The van der Waals surface area contributed by atoms with Crippen molar-refractivity contribution in [3.63, 3.8) is 0 Å². The summed E-state index contributed by atoms with van der Waals surface area (Å²) in [6, 6.07) is 16.5. The molecular weight excluding hydrogens is 234 g/mol. The van der Waals surface area contributed by atoms with E-state index in [2.05, 4.69) is 41.4 Å². The van der Waals surface area contributed by atoms with Crippen LogP contribution in [0.1, 0.15) is 16.7 Å². The van der Waals surface area contributed by atoms with Gasteiger partial charge in [-0.05, 0) is 36.1 Å². The average Bonchev–Trinajstić information content (AvgIpc) is 2.46. The van der Waals surface area contributed by atoms with Gasteiger partial charge in [-0.1, -0.05) is 42.5 Å². The third-order valence-corrected chi connectivity index (χ3v) is 3.04. The Labute approximate surface area is 114 Å². The van der Waals surface area contributed by atoms with E-state index in [-0.39, 0.29) is 0 Å². The van der Waals surface area contributed by atoms with Crippen LogP contribution in [0.2, 0.25) is 0 Å². The largest absolute Gasteiger partial charge is 0.496 e. The molecule has 0 fully saturated rings. The molecule has 0 saturated heterocycles.